The molecule has 0 saturated heterocycles. The van der Waals surface area contributed by atoms with Gasteiger partial charge < -0.3 is 5.73 Å². The number of nitrogens with two attached hydrogens (primary N) is 1. The van der Waals surface area contributed by atoms with E-state index in [1.807, 2.05) is 13.1 Å². The van der Waals surface area contributed by atoms with Crippen LogP contribution in [0.3, 0.4) is 0 Å². The van der Waals surface area contributed by atoms with Gasteiger partial charge in [-0.15, -0.1) is 0 Å². The fraction of sp³-hybridized carbons (Fsp3) is 0.455. The van der Waals surface area contributed by atoms with E-state index >= 15 is 0 Å². The van der Waals surface area contributed by atoms with E-state index in [9.17, 15) is 4.39 Å². The SMILES string of the molecule is CCN(C)C(CN)c1cccc(F)c1. The second kappa shape index (κ2) is 5.08. The molecule has 1 atom stereocenters. The molecule has 0 radical (unpaired) electrons. The summed E-state index contributed by atoms with van der Waals surface area (Å²) in [6.07, 6.45) is 0. The summed E-state index contributed by atoms with van der Waals surface area (Å²) in [5, 5.41) is 0. The summed E-state index contributed by atoms with van der Waals surface area (Å²) in [5.74, 6) is -0.203. The monoisotopic (exact) mass is 196 g/mol. The van der Waals surface area contributed by atoms with Gasteiger partial charge in [-0.1, -0.05) is 19.1 Å². The molecular formula is C11H17FN2. The van der Waals surface area contributed by atoms with E-state index < -0.39 is 0 Å². The summed E-state index contributed by atoms with van der Waals surface area (Å²) < 4.78 is 13.0. The van der Waals surface area contributed by atoms with Crippen molar-refractivity contribution < 1.29 is 4.39 Å². The fourth-order valence-electron chi connectivity index (χ4n) is 1.50. The van der Waals surface area contributed by atoms with Gasteiger partial charge in [-0.3, -0.25) is 4.90 Å². The fourth-order valence-corrected chi connectivity index (χ4v) is 1.50. The molecular weight excluding hydrogens is 179 g/mol. The summed E-state index contributed by atoms with van der Waals surface area (Å²) in [7, 11) is 1.99. The van der Waals surface area contributed by atoms with Crippen LogP contribution in [-0.4, -0.2) is 25.0 Å². The van der Waals surface area contributed by atoms with E-state index in [2.05, 4.69) is 11.8 Å². The summed E-state index contributed by atoms with van der Waals surface area (Å²) in [5.41, 5.74) is 6.61. The van der Waals surface area contributed by atoms with Gasteiger partial charge in [0.2, 0.25) is 0 Å². The third-order valence-electron chi connectivity index (χ3n) is 2.49. The van der Waals surface area contributed by atoms with Crippen LogP contribution >= 0.6 is 0 Å². The molecule has 0 fully saturated rings. The zero-order chi connectivity index (χ0) is 10.6. The van der Waals surface area contributed by atoms with E-state index in [4.69, 9.17) is 5.73 Å². The molecule has 0 amide bonds. The van der Waals surface area contributed by atoms with Gasteiger partial charge >= 0.3 is 0 Å². The van der Waals surface area contributed by atoms with Crippen LogP contribution in [0.4, 0.5) is 4.39 Å². The Bertz CT molecular complexity index is 288. The summed E-state index contributed by atoms with van der Waals surface area (Å²) in [6, 6.07) is 6.73. The molecule has 78 valence electrons. The number of hydrogen-bond donors (Lipinski definition) is 1. The van der Waals surface area contributed by atoms with E-state index in [-0.39, 0.29) is 11.9 Å². The lowest BCUT2D eigenvalue weighted by atomic mass is 10.1. The number of nitrogens with zero attached hydrogens (tertiary/aromatic N) is 1. The summed E-state index contributed by atoms with van der Waals surface area (Å²) >= 11 is 0. The maximum Gasteiger partial charge on any atom is 0.123 e. The highest BCUT2D eigenvalue weighted by Crippen LogP contribution is 2.18. The van der Waals surface area contributed by atoms with E-state index in [0.717, 1.165) is 12.1 Å². The minimum absolute atomic E-state index is 0.107. The smallest absolute Gasteiger partial charge is 0.123 e. The third-order valence-corrected chi connectivity index (χ3v) is 2.49. The van der Waals surface area contributed by atoms with E-state index in [1.54, 1.807) is 12.1 Å². The second-order valence-corrected chi connectivity index (χ2v) is 3.38. The van der Waals surface area contributed by atoms with Gasteiger partial charge in [0.1, 0.15) is 5.82 Å². The third kappa shape index (κ3) is 2.53. The maximum atomic E-state index is 13.0. The standard InChI is InChI=1S/C11H17FN2/c1-3-14(2)11(8-13)9-5-4-6-10(12)7-9/h4-7,11H,3,8,13H2,1-2H3. The van der Waals surface area contributed by atoms with Gasteiger partial charge in [0.25, 0.3) is 0 Å². The van der Waals surface area contributed by atoms with Crippen LogP contribution in [-0.2, 0) is 0 Å². The number of benzene rings is 1. The summed E-state index contributed by atoms with van der Waals surface area (Å²) in [6.45, 7) is 3.47. The van der Waals surface area contributed by atoms with Gasteiger partial charge in [-0.05, 0) is 31.3 Å². The molecule has 1 unspecified atom stereocenters. The molecule has 0 saturated carbocycles. The molecule has 1 aromatic carbocycles. The second-order valence-electron chi connectivity index (χ2n) is 3.38. The Morgan fingerprint density at radius 3 is 2.71 bits per heavy atom. The molecule has 0 heterocycles. The Morgan fingerprint density at radius 2 is 2.21 bits per heavy atom. The Labute approximate surface area is 84.5 Å². The van der Waals surface area contributed by atoms with Crippen LogP contribution in [0, 0.1) is 5.82 Å². The van der Waals surface area contributed by atoms with Gasteiger partial charge in [0.15, 0.2) is 0 Å². The minimum Gasteiger partial charge on any atom is -0.329 e. The Hall–Kier alpha value is -0.930. The van der Waals surface area contributed by atoms with Crippen molar-refractivity contribution in [3.8, 4) is 0 Å². The predicted octanol–water partition coefficient (Wildman–Crippen LogP) is 1.78. The van der Waals surface area contributed by atoms with Crippen LogP contribution in [0.2, 0.25) is 0 Å². The maximum absolute atomic E-state index is 13.0. The molecule has 0 aliphatic rings. The molecule has 0 aliphatic carbocycles. The molecule has 1 rings (SSSR count). The predicted molar refractivity (Wildman–Crippen MR) is 56.5 cm³/mol. The number of hydrogen-bond acceptors (Lipinski definition) is 2. The first-order chi connectivity index (χ1) is 6.69. The number of halogens is 1. The van der Waals surface area contributed by atoms with Gasteiger partial charge in [0.05, 0.1) is 0 Å². The highest BCUT2D eigenvalue weighted by Gasteiger charge is 2.13. The zero-order valence-corrected chi connectivity index (χ0v) is 8.70. The van der Waals surface area contributed by atoms with Crippen molar-refractivity contribution in [2.24, 2.45) is 5.73 Å². The molecule has 2 N–H and O–H groups in total. The molecule has 14 heavy (non-hydrogen) atoms. The Morgan fingerprint density at radius 1 is 1.50 bits per heavy atom. The van der Waals surface area contributed by atoms with E-state index in [1.165, 1.54) is 6.07 Å². The Kier molecular flexibility index (Phi) is 4.04. The Balaban J connectivity index is 2.89. The van der Waals surface area contributed by atoms with Crippen molar-refractivity contribution in [2.45, 2.75) is 13.0 Å². The topological polar surface area (TPSA) is 29.3 Å². The lowest BCUT2D eigenvalue weighted by Gasteiger charge is -2.25. The zero-order valence-electron chi connectivity index (χ0n) is 8.70. The average molecular weight is 196 g/mol. The highest BCUT2D eigenvalue weighted by molar-refractivity contribution is 5.20. The first kappa shape index (κ1) is 11.1. The molecule has 3 heteroatoms. The average Bonchev–Trinajstić information content (AvgIpc) is 2.19. The number of rotatable bonds is 4. The van der Waals surface area contributed by atoms with Crippen molar-refractivity contribution in [3.63, 3.8) is 0 Å². The van der Waals surface area contributed by atoms with Crippen LogP contribution in [0.1, 0.15) is 18.5 Å². The largest absolute Gasteiger partial charge is 0.329 e. The van der Waals surface area contributed by atoms with Crippen LogP contribution in [0.5, 0.6) is 0 Å². The molecule has 0 aromatic heterocycles. The van der Waals surface area contributed by atoms with Crippen molar-refractivity contribution in [1.29, 1.82) is 0 Å². The van der Waals surface area contributed by atoms with Crippen LogP contribution in [0.25, 0.3) is 0 Å². The first-order valence-electron chi connectivity index (χ1n) is 4.84. The molecule has 0 aliphatic heterocycles. The van der Waals surface area contributed by atoms with Gasteiger partial charge in [-0.2, -0.15) is 0 Å². The highest BCUT2D eigenvalue weighted by atomic mass is 19.1. The molecule has 1 aromatic rings. The lowest BCUT2D eigenvalue weighted by molar-refractivity contribution is 0.263. The normalized spacial score (nSPS) is 13.2. The van der Waals surface area contributed by atoms with Gasteiger partial charge in [-0.25, -0.2) is 4.39 Å². The lowest BCUT2D eigenvalue weighted by Crippen LogP contribution is -2.30. The van der Waals surface area contributed by atoms with Crippen molar-refractivity contribution in [2.75, 3.05) is 20.1 Å². The van der Waals surface area contributed by atoms with Crippen LogP contribution < -0.4 is 5.73 Å². The van der Waals surface area contributed by atoms with Gasteiger partial charge in [0, 0.05) is 12.6 Å². The van der Waals surface area contributed by atoms with Crippen molar-refractivity contribution >= 4 is 0 Å². The summed E-state index contributed by atoms with van der Waals surface area (Å²) in [4.78, 5) is 2.11. The molecule has 0 spiro atoms. The molecule has 0 bridgehead atoms. The van der Waals surface area contributed by atoms with Crippen LogP contribution in [0.15, 0.2) is 24.3 Å². The first-order valence-corrected chi connectivity index (χ1v) is 4.84. The number of likely N-dealkylation sites (N-methyl/N-ethyl adjacent to an activating group) is 1. The quantitative estimate of drug-likeness (QED) is 0.795. The minimum atomic E-state index is -0.203. The van der Waals surface area contributed by atoms with Crippen molar-refractivity contribution in [1.82, 2.24) is 4.90 Å². The molecule has 2 nitrogen and oxygen atoms in total. The van der Waals surface area contributed by atoms with E-state index in [0.29, 0.717) is 6.54 Å². The van der Waals surface area contributed by atoms with Crippen molar-refractivity contribution in [3.05, 3.63) is 35.6 Å².